The third kappa shape index (κ3) is 2.99. The van der Waals surface area contributed by atoms with E-state index in [1.807, 2.05) is 30.7 Å². The normalized spacial score (nSPS) is 26.8. The summed E-state index contributed by atoms with van der Waals surface area (Å²) in [6.45, 7) is 0.735. The van der Waals surface area contributed by atoms with Gasteiger partial charge in [-0.15, -0.1) is 0 Å². The van der Waals surface area contributed by atoms with E-state index in [-0.39, 0.29) is 23.7 Å². The third-order valence-corrected chi connectivity index (χ3v) is 7.10. The molecule has 0 bridgehead atoms. The van der Waals surface area contributed by atoms with Crippen molar-refractivity contribution < 1.29 is 18.0 Å². The van der Waals surface area contributed by atoms with Crippen LogP contribution in [0.15, 0.2) is 24.3 Å². The highest BCUT2D eigenvalue weighted by Crippen LogP contribution is 2.49. The SMILES string of the molecule is CS(=O)(=O)CC1(c2ccc(N3C[C@@]4(C(N)=O)[CH]CCCN4C3=O)cc2)CC1. The largest absolute Gasteiger partial charge is 0.368 e. The minimum atomic E-state index is -3.06. The predicted molar refractivity (Wildman–Crippen MR) is 102 cm³/mol. The quantitative estimate of drug-likeness (QED) is 0.817. The maximum atomic E-state index is 12.9. The summed E-state index contributed by atoms with van der Waals surface area (Å²) >= 11 is 0. The maximum absolute atomic E-state index is 12.9. The summed E-state index contributed by atoms with van der Waals surface area (Å²) in [4.78, 5) is 28.2. The molecule has 27 heavy (non-hydrogen) atoms. The summed E-state index contributed by atoms with van der Waals surface area (Å²) in [5.74, 6) is -0.352. The number of nitrogens with zero attached hydrogens (tertiary/aromatic N) is 2. The fourth-order valence-electron chi connectivity index (χ4n) is 4.45. The molecule has 0 spiro atoms. The number of carbonyl (C=O) groups excluding carboxylic acids is 2. The molecule has 3 fully saturated rings. The van der Waals surface area contributed by atoms with Crippen LogP contribution in [0.5, 0.6) is 0 Å². The molecule has 1 aromatic carbocycles. The summed E-state index contributed by atoms with van der Waals surface area (Å²) in [5.41, 5.74) is 6.00. The van der Waals surface area contributed by atoms with Gasteiger partial charge in [0.1, 0.15) is 15.4 Å². The Morgan fingerprint density at radius 1 is 1.22 bits per heavy atom. The van der Waals surface area contributed by atoms with E-state index in [1.54, 1.807) is 9.80 Å². The van der Waals surface area contributed by atoms with Gasteiger partial charge in [0.25, 0.3) is 0 Å². The monoisotopic (exact) mass is 390 g/mol. The Bertz CT molecular complexity index is 892. The van der Waals surface area contributed by atoms with Gasteiger partial charge in [-0.1, -0.05) is 12.1 Å². The van der Waals surface area contributed by atoms with E-state index < -0.39 is 21.3 Å². The van der Waals surface area contributed by atoms with E-state index in [4.69, 9.17) is 5.73 Å². The van der Waals surface area contributed by atoms with Crippen LogP contribution >= 0.6 is 0 Å². The number of sulfone groups is 1. The molecule has 2 aliphatic heterocycles. The van der Waals surface area contributed by atoms with Crippen molar-refractivity contribution in [2.75, 3.05) is 30.0 Å². The Morgan fingerprint density at radius 3 is 2.41 bits per heavy atom. The van der Waals surface area contributed by atoms with Gasteiger partial charge in [-0.25, -0.2) is 13.2 Å². The number of nitrogens with two attached hydrogens (primary N) is 1. The summed E-state index contributed by atoms with van der Waals surface area (Å²) in [6.07, 6.45) is 6.41. The molecule has 3 aliphatic rings. The lowest BCUT2D eigenvalue weighted by molar-refractivity contribution is -0.126. The van der Waals surface area contributed by atoms with Gasteiger partial charge in [-0.3, -0.25) is 9.69 Å². The molecule has 1 aliphatic carbocycles. The van der Waals surface area contributed by atoms with Crippen molar-refractivity contribution in [2.45, 2.75) is 36.6 Å². The lowest BCUT2D eigenvalue weighted by Crippen LogP contribution is -2.59. The lowest BCUT2D eigenvalue weighted by atomic mass is 9.87. The molecule has 1 atom stereocenters. The van der Waals surface area contributed by atoms with Gasteiger partial charge in [-0.2, -0.15) is 0 Å². The van der Waals surface area contributed by atoms with Gasteiger partial charge in [0.15, 0.2) is 0 Å². The average Bonchev–Trinajstić information content (AvgIpc) is 3.31. The van der Waals surface area contributed by atoms with Crippen LogP contribution in [-0.4, -0.2) is 55.9 Å². The molecule has 2 N–H and O–H groups in total. The maximum Gasteiger partial charge on any atom is 0.325 e. The Kier molecular flexibility index (Phi) is 4.03. The molecule has 2 saturated heterocycles. The summed E-state index contributed by atoms with van der Waals surface area (Å²) < 4.78 is 23.4. The van der Waals surface area contributed by atoms with Crippen molar-refractivity contribution in [1.82, 2.24) is 4.90 Å². The van der Waals surface area contributed by atoms with E-state index in [0.717, 1.165) is 31.2 Å². The van der Waals surface area contributed by atoms with E-state index in [1.165, 1.54) is 6.26 Å². The van der Waals surface area contributed by atoms with Crippen LogP contribution in [-0.2, 0) is 20.0 Å². The Balaban J connectivity index is 1.60. The van der Waals surface area contributed by atoms with Crippen LogP contribution in [0.1, 0.15) is 31.2 Å². The molecule has 0 aromatic heterocycles. The topological polar surface area (TPSA) is 101 Å². The van der Waals surface area contributed by atoms with Crippen LogP contribution in [0.25, 0.3) is 0 Å². The van der Waals surface area contributed by atoms with Gasteiger partial charge in [0.05, 0.1) is 12.3 Å². The molecular weight excluding hydrogens is 366 g/mol. The molecule has 1 saturated carbocycles. The van der Waals surface area contributed by atoms with Crippen molar-refractivity contribution in [3.05, 3.63) is 36.2 Å². The fraction of sp³-hybridized carbons (Fsp3) is 0.526. The number of piperidine rings is 1. The van der Waals surface area contributed by atoms with Crippen LogP contribution in [0.3, 0.4) is 0 Å². The van der Waals surface area contributed by atoms with Crippen LogP contribution in [0, 0.1) is 6.42 Å². The number of hydrogen-bond donors (Lipinski definition) is 1. The van der Waals surface area contributed by atoms with E-state index in [2.05, 4.69) is 0 Å². The van der Waals surface area contributed by atoms with Crippen LogP contribution < -0.4 is 10.6 Å². The zero-order chi connectivity index (χ0) is 19.4. The van der Waals surface area contributed by atoms with Crippen LogP contribution in [0.2, 0.25) is 0 Å². The molecule has 0 unspecified atom stereocenters. The van der Waals surface area contributed by atoms with E-state index in [0.29, 0.717) is 12.2 Å². The Labute approximate surface area is 159 Å². The van der Waals surface area contributed by atoms with Crippen molar-refractivity contribution >= 4 is 27.5 Å². The number of benzene rings is 1. The van der Waals surface area contributed by atoms with Gasteiger partial charge < -0.3 is 10.6 Å². The number of anilines is 1. The molecule has 1 aromatic rings. The molecule has 8 heteroatoms. The number of carbonyl (C=O) groups is 2. The predicted octanol–water partition coefficient (Wildman–Crippen LogP) is 1.23. The smallest absolute Gasteiger partial charge is 0.325 e. The molecule has 3 amide bonds. The summed E-state index contributed by atoms with van der Waals surface area (Å²) in [5, 5.41) is 0. The molecular formula is C19H24N3O4S. The molecule has 145 valence electrons. The molecule has 4 rings (SSSR count). The zero-order valence-electron chi connectivity index (χ0n) is 15.3. The third-order valence-electron chi connectivity index (χ3n) is 6.02. The highest BCUT2D eigenvalue weighted by Gasteiger charge is 2.55. The average molecular weight is 390 g/mol. The number of amides is 3. The van der Waals surface area contributed by atoms with Gasteiger partial charge >= 0.3 is 6.03 Å². The second kappa shape index (κ2) is 5.95. The summed E-state index contributed by atoms with van der Waals surface area (Å²) in [7, 11) is -3.06. The van der Waals surface area contributed by atoms with Gasteiger partial charge in [-0.05, 0) is 49.8 Å². The number of hydrogen-bond acceptors (Lipinski definition) is 4. The van der Waals surface area contributed by atoms with Crippen molar-refractivity contribution in [3.8, 4) is 0 Å². The first kappa shape index (κ1) is 18.3. The minimum Gasteiger partial charge on any atom is -0.368 e. The van der Waals surface area contributed by atoms with E-state index >= 15 is 0 Å². The Hall–Kier alpha value is -2.09. The molecule has 7 nitrogen and oxygen atoms in total. The van der Waals surface area contributed by atoms with Crippen molar-refractivity contribution in [3.63, 3.8) is 0 Å². The lowest BCUT2D eigenvalue weighted by Gasteiger charge is -2.37. The zero-order valence-corrected chi connectivity index (χ0v) is 16.2. The van der Waals surface area contributed by atoms with Crippen molar-refractivity contribution in [2.24, 2.45) is 5.73 Å². The van der Waals surface area contributed by atoms with E-state index in [9.17, 15) is 18.0 Å². The van der Waals surface area contributed by atoms with Crippen molar-refractivity contribution in [1.29, 1.82) is 0 Å². The highest BCUT2D eigenvalue weighted by molar-refractivity contribution is 7.90. The number of rotatable bonds is 5. The minimum absolute atomic E-state index is 0.148. The standard InChI is InChI=1S/C19H24N3O4S/c1-27(25,26)13-18(9-10-18)14-4-6-15(7-5-14)21-12-19(16(20)23)8-2-3-11-22(19)17(21)24/h4-8H,2-3,9-13H2,1H3,(H2,20,23)/t19-/m1/s1. The first-order valence-electron chi connectivity index (χ1n) is 9.19. The fourth-order valence-corrected chi connectivity index (χ4v) is 5.91. The summed E-state index contributed by atoms with van der Waals surface area (Å²) in [6, 6.07) is 7.26. The number of fused-ring (bicyclic) bond motifs is 1. The number of primary amides is 1. The number of urea groups is 1. The van der Waals surface area contributed by atoms with Crippen LogP contribution in [0.4, 0.5) is 10.5 Å². The van der Waals surface area contributed by atoms with Gasteiger partial charge in [0.2, 0.25) is 5.91 Å². The Morgan fingerprint density at radius 2 is 1.89 bits per heavy atom. The first-order chi connectivity index (χ1) is 12.7. The second-order valence-electron chi connectivity index (χ2n) is 8.05. The second-order valence-corrected chi connectivity index (χ2v) is 10.2. The molecule has 2 heterocycles. The highest BCUT2D eigenvalue weighted by atomic mass is 32.2. The van der Waals surface area contributed by atoms with Gasteiger partial charge in [0, 0.05) is 23.9 Å². The first-order valence-corrected chi connectivity index (χ1v) is 11.2. The molecule has 1 radical (unpaired) electrons.